The summed E-state index contributed by atoms with van der Waals surface area (Å²) in [5, 5.41) is 9.88. The number of rotatable bonds is 3. The maximum Gasteiger partial charge on any atom is 0.420 e. The zero-order valence-electron chi connectivity index (χ0n) is 17.3. The highest BCUT2D eigenvalue weighted by atomic mass is 32.2. The number of phenolic OH excluding ortho intramolecular Hbond substituents is 1. The Bertz CT molecular complexity index is 984. The lowest BCUT2D eigenvalue weighted by Crippen LogP contribution is -2.47. The molecule has 0 amide bonds. The SMILES string of the molecule is CN1C(CCC(F)(F)F)CN(C2CCC(F)(F)CC2)c2cc(C(F)(F)F)c(O)cc2S1(=O)=O. The summed E-state index contributed by atoms with van der Waals surface area (Å²) in [5.41, 5.74) is -2.00. The molecule has 2 aliphatic rings. The standard InChI is InChI=1S/C19H22F8N2O3S/c1-28-12(4-7-18(22,23)24)10-29(11-2-5-17(20,21)6-3-11)14-8-13(19(25,26)27)15(30)9-16(14)33(28,31)32/h8-9,11-12,30H,2-7,10H2,1H3. The molecule has 0 radical (unpaired) electrons. The average molecular weight is 510 g/mol. The van der Waals surface area contributed by atoms with Crippen LogP contribution in [-0.4, -0.2) is 55.6 Å². The minimum atomic E-state index is -5.05. The fourth-order valence-electron chi connectivity index (χ4n) is 4.29. The van der Waals surface area contributed by atoms with E-state index in [9.17, 15) is 48.6 Å². The number of hydrogen-bond acceptors (Lipinski definition) is 4. The number of alkyl halides is 8. The van der Waals surface area contributed by atoms with Gasteiger partial charge in [0.15, 0.2) is 0 Å². The second-order valence-electron chi connectivity index (χ2n) is 8.40. The molecular weight excluding hydrogens is 488 g/mol. The van der Waals surface area contributed by atoms with Gasteiger partial charge in [0.25, 0.3) is 0 Å². The Kier molecular flexibility index (Phi) is 6.59. The van der Waals surface area contributed by atoms with Gasteiger partial charge in [-0.25, -0.2) is 17.2 Å². The van der Waals surface area contributed by atoms with E-state index < -0.39 is 94.5 Å². The number of hydrogen-bond donors (Lipinski definition) is 1. The summed E-state index contributed by atoms with van der Waals surface area (Å²) in [6.07, 6.45) is -13.2. The van der Waals surface area contributed by atoms with Gasteiger partial charge in [-0.15, -0.1) is 0 Å². The predicted molar refractivity (Wildman–Crippen MR) is 102 cm³/mol. The van der Waals surface area contributed by atoms with E-state index in [1.807, 2.05) is 0 Å². The van der Waals surface area contributed by atoms with Gasteiger partial charge < -0.3 is 10.0 Å². The molecule has 0 spiro atoms. The van der Waals surface area contributed by atoms with Crippen molar-refractivity contribution in [2.24, 2.45) is 0 Å². The summed E-state index contributed by atoms with van der Waals surface area (Å²) in [6.45, 7) is -0.420. The van der Waals surface area contributed by atoms with E-state index in [1.165, 1.54) is 4.90 Å². The van der Waals surface area contributed by atoms with Gasteiger partial charge in [-0.05, 0) is 25.3 Å². The third-order valence-corrected chi connectivity index (χ3v) is 8.10. The van der Waals surface area contributed by atoms with E-state index in [-0.39, 0.29) is 12.8 Å². The molecule has 1 aliphatic carbocycles. The Morgan fingerprint density at radius 3 is 2.18 bits per heavy atom. The second kappa shape index (κ2) is 8.43. The van der Waals surface area contributed by atoms with E-state index in [0.717, 1.165) is 7.05 Å². The van der Waals surface area contributed by atoms with E-state index in [2.05, 4.69) is 0 Å². The summed E-state index contributed by atoms with van der Waals surface area (Å²) >= 11 is 0. The summed E-state index contributed by atoms with van der Waals surface area (Å²) in [5.74, 6) is -4.35. The van der Waals surface area contributed by atoms with Crippen molar-refractivity contribution in [2.75, 3.05) is 18.5 Å². The fraction of sp³-hybridized carbons (Fsp3) is 0.684. The first-order chi connectivity index (χ1) is 14.9. The van der Waals surface area contributed by atoms with Crippen LogP contribution in [0.15, 0.2) is 17.0 Å². The van der Waals surface area contributed by atoms with Crippen molar-refractivity contribution in [2.45, 2.75) is 73.8 Å². The van der Waals surface area contributed by atoms with Crippen molar-refractivity contribution < 1.29 is 48.6 Å². The average Bonchev–Trinajstić information content (AvgIpc) is 2.73. The summed E-state index contributed by atoms with van der Waals surface area (Å²) in [6, 6.07) is -1.26. The molecule has 0 aromatic heterocycles. The van der Waals surface area contributed by atoms with Gasteiger partial charge in [0, 0.05) is 51.0 Å². The van der Waals surface area contributed by atoms with Gasteiger partial charge in [0.1, 0.15) is 10.6 Å². The Morgan fingerprint density at radius 1 is 1.09 bits per heavy atom. The van der Waals surface area contributed by atoms with Crippen LogP contribution in [0.5, 0.6) is 5.75 Å². The van der Waals surface area contributed by atoms with Gasteiger partial charge in [-0.2, -0.15) is 30.6 Å². The maximum absolute atomic E-state index is 13.7. The van der Waals surface area contributed by atoms with Crippen LogP contribution in [0.2, 0.25) is 0 Å². The van der Waals surface area contributed by atoms with Crippen molar-refractivity contribution in [1.29, 1.82) is 0 Å². The molecule has 1 fully saturated rings. The monoisotopic (exact) mass is 510 g/mol. The molecular formula is C19H22F8N2O3S. The Labute approximate surface area is 185 Å². The van der Waals surface area contributed by atoms with Crippen LogP contribution in [0.25, 0.3) is 0 Å². The number of halogens is 8. The fourth-order valence-corrected chi connectivity index (χ4v) is 5.87. The van der Waals surface area contributed by atoms with Gasteiger partial charge >= 0.3 is 12.4 Å². The number of fused-ring (bicyclic) bond motifs is 1. The van der Waals surface area contributed by atoms with Crippen LogP contribution < -0.4 is 4.90 Å². The molecule has 188 valence electrons. The number of sulfonamides is 1. The highest BCUT2D eigenvalue weighted by Crippen LogP contribution is 2.46. The Hall–Kier alpha value is -1.83. The first-order valence-electron chi connectivity index (χ1n) is 10.1. The molecule has 1 aromatic rings. The van der Waals surface area contributed by atoms with Crippen LogP contribution in [0.4, 0.5) is 40.8 Å². The number of anilines is 1. The number of nitrogens with zero attached hydrogens (tertiary/aromatic N) is 2. The minimum absolute atomic E-state index is 0.190. The zero-order valence-corrected chi connectivity index (χ0v) is 18.2. The zero-order chi connectivity index (χ0) is 25.0. The number of aromatic hydroxyl groups is 1. The molecule has 0 bridgehead atoms. The van der Waals surface area contributed by atoms with Crippen molar-refractivity contribution in [3.05, 3.63) is 17.7 Å². The van der Waals surface area contributed by atoms with Crippen molar-refractivity contribution >= 4 is 15.7 Å². The molecule has 1 atom stereocenters. The molecule has 1 N–H and O–H groups in total. The molecule has 33 heavy (non-hydrogen) atoms. The largest absolute Gasteiger partial charge is 0.507 e. The second-order valence-corrected chi connectivity index (χ2v) is 10.4. The van der Waals surface area contributed by atoms with Crippen molar-refractivity contribution in [3.8, 4) is 5.75 Å². The molecule has 1 aromatic carbocycles. The van der Waals surface area contributed by atoms with Crippen LogP contribution in [0.3, 0.4) is 0 Å². The van der Waals surface area contributed by atoms with Crippen molar-refractivity contribution in [1.82, 2.24) is 4.31 Å². The normalized spacial score (nSPS) is 24.4. The Morgan fingerprint density at radius 2 is 1.67 bits per heavy atom. The van der Waals surface area contributed by atoms with E-state index in [1.54, 1.807) is 0 Å². The quantitative estimate of drug-likeness (QED) is 0.573. The van der Waals surface area contributed by atoms with E-state index in [4.69, 9.17) is 0 Å². The van der Waals surface area contributed by atoms with Crippen molar-refractivity contribution in [3.63, 3.8) is 0 Å². The number of likely N-dealkylation sites (N-methyl/N-ethyl adjacent to an activating group) is 1. The highest BCUT2D eigenvalue weighted by molar-refractivity contribution is 7.89. The lowest BCUT2D eigenvalue weighted by atomic mass is 9.90. The molecule has 3 rings (SSSR count). The maximum atomic E-state index is 13.7. The molecule has 1 unspecified atom stereocenters. The van der Waals surface area contributed by atoms with E-state index in [0.29, 0.717) is 16.4 Å². The van der Waals surface area contributed by atoms with Crippen LogP contribution in [-0.2, 0) is 16.2 Å². The summed E-state index contributed by atoms with van der Waals surface area (Å²) in [7, 11) is -3.60. The van der Waals surface area contributed by atoms with Gasteiger partial charge in [-0.1, -0.05) is 0 Å². The third kappa shape index (κ3) is 5.47. The van der Waals surface area contributed by atoms with E-state index >= 15 is 0 Å². The Balaban J connectivity index is 2.14. The summed E-state index contributed by atoms with van der Waals surface area (Å²) < 4.78 is 133. The molecule has 1 saturated carbocycles. The summed E-state index contributed by atoms with van der Waals surface area (Å²) in [4.78, 5) is 0.462. The van der Waals surface area contributed by atoms with Crippen LogP contribution in [0.1, 0.15) is 44.1 Å². The number of benzene rings is 1. The molecule has 5 nitrogen and oxygen atoms in total. The first kappa shape index (κ1) is 25.8. The highest BCUT2D eigenvalue weighted by Gasteiger charge is 2.45. The predicted octanol–water partition coefficient (Wildman–Crippen LogP) is 5.14. The lowest BCUT2D eigenvalue weighted by Gasteiger charge is -2.39. The van der Waals surface area contributed by atoms with Gasteiger partial charge in [-0.3, -0.25) is 0 Å². The van der Waals surface area contributed by atoms with Gasteiger partial charge in [0.05, 0.1) is 11.3 Å². The smallest absolute Gasteiger partial charge is 0.420 e. The third-order valence-electron chi connectivity index (χ3n) is 6.16. The number of phenols is 1. The molecule has 0 saturated heterocycles. The topological polar surface area (TPSA) is 60.9 Å². The van der Waals surface area contributed by atoms with Gasteiger partial charge in [0.2, 0.25) is 15.9 Å². The minimum Gasteiger partial charge on any atom is -0.507 e. The van der Waals surface area contributed by atoms with Crippen LogP contribution >= 0.6 is 0 Å². The molecule has 1 aliphatic heterocycles. The molecule has 14 heteroatoms. The lowest BCUT2D eigenvalue weighted by molar-refractivity contribution is -0.139. The first-order valence-corrected chi connectivity index (χ1v) is 11.5. The van der Waals surface area contributed by atoms with Crippen LogP contribution in [0, 0.1) is 0 Å². The molecule has 1 heterocycles.